The molecular weight excluding hydrogens is 126 g/mol. The summed E-state index contributed by atoms with van der Waals surface area (Å²) in [7, 11) is 0. The summed E-state index contributed by atoms with van der Waals surface area (Å²) in [5, 5.41) is 3.05. The monoisotopic (exact) mass is 137 g/mol. The van der Waals surface area contributed by atoms with Gasteiger partial charge in [0.15, 0.2) is 0 Å². The number of carbonyl (C=O) groups excluding carboxylic acids is 1. The van der Waals surface area contributed by atoms with Crippen molar-refractivity contribution in [1.29, 1.82) is 0 Å². The minimum Gasteiger partial charge on any atom is -0.353 e. The number of piperidine rings is 1. The molecule has 3 rings (SSSR count). The molecule has 4 unspecified atom stereocenters. The van der Waals surface area contributed by atoms with Crippen molar-refractivity contribution in [3.05, 3.63) is 0 Å². The summed E-state index contributed by atoms with van der Waals surface area (Å²) in [6.45, 7) is 0. The van der Waals surface area contributed by atoms with Crippen LogP contribution in [0.15, 0.2) is 0 Å². The molecule has 0 aromatic rings. The minimum atomic E-state index is 0.347. The maximum Gasteiger partial charge on any atom is 0.223 e. The van der Waals surface area contributed by atoms with Crippen molar-refractivity contribution in [3.63, 3.8) is 0 Å². The molecule has 3 fully saturated rings. The first kappa shape index (κ1) is 5.16. The predicted molar refractivity (Wildman–Crippen MR) is 36.3 cm³/mol. The second-order valence-electron chi connectivity index (χ2n) is 3.81. The van der Waals surface area contributed by atoms with E-state index in [2.05, 4.69) is 5.32 Å². The third-order valence-corrected chi connectivity index (χ3v) is 3.38. The van der Waals surface area contributed by atoms with Gasteiger partial charge in [-0.3, -0.25) is 4.79 Å². The van der Waals surface area contributed by atoms with Crippen molar-refractivity contribution in [3.8, 4) is 0 Å². The van der Waals surface area contributed by atoms with Gasteiger partial charge in [-0.25, -0.2) is 0 Å². The van der Waals surface area contributed by atoms with Crippen molar-refractivity contribution in [2.45, 2.75) is 25.3 Å². The van der Waals surface area contributed by atoms with Gasteiger partial charge in [0.25, 0.3) is 0 Å². The fourth-order valence-corrected chi connectivity index (χ4v) is 2.90. The van der Waals surface area contributed by atoms with E-state index >= 15 is 0 Å². The summed E-state index contributed by atoms with van der Waals surface area (Å²) < 4.78 is 0. The van der Waals surface area contributed by atoms with Gasteiger partial charge in [-0.15, -0.1) is 0 Å². The molecular formula is C8H11NO. The SMILES string of the molecule is O=C1NC2CCCC3C1C23. The van der Waals surface area contributed by atoms with Gasteiger partial charge in [-0.2, -0.15) is 0 Å². The summed E-state index contributed by atoms with van der Waals surface area (Å²) >= 11 is 0. The third-order valence-electron chi connectivity index (χ3n) is 3.38. The predicted octanol–water partition coefficient (Wildman–Crippen LogP) is 0.531. The molecule has 10 heavy (non-hydrogen) atoms. The fraction of sp³-hybridized carbons (Fsp3) is 0.875. The topological polar surface area (TPSA) is 29.1 Å². The quantitative estimate of drug-likeness (QED) is 0.518. The smallest absolute Gasteiger partial charge is 0.223 e. The lowest BCUT2D eigenvalue weighted by molar-refractivity contribution is -0.122. The molecule has 2 aliphatic carbocycles. The molecule has 54 valence electrons. The Bertz CT molecular complexity index is 201. The lowest BCUT2D eigenvalue weighted by Gasteiger charge is -2.20. The molecule has 0 radical (unpaired) electrons. The third kappa shape index (κ3) is 0.414. The Hall–Kier alpha value is -0.530. The first-order chi connectivity index (χ1) is 4.88. The van der Waals surface area contributed by atoms with E-state index in [-0.39, 0.29) is 0 Å². The van der Waals surface area contributed by atoms with Crippen LogP contribution in [0.25, 0.3) is 0 Å². The van der Waals surface area contributed by atoms with Crippen LogP contribution in [-0.2, 0) is 4.79 Å². The largest absolute Gasteiger partial charge is 0.353 e. The molecule has 1 N–H and O–H groups in total. The number of hydrogen-bond donors (Lipinski definition) is 1. The van der Waals surface area contributed by atoms with Gasteiger partial charge < -0.3 is 5.32 Å². The molecule has 2 nitrogen and oxygen atoms in total. The second-order valence-corrected chi connectivity index (χ2v) is 3.81. The highest BCUT2D eigenvalue weighted by atomic mass is 16.2. The first-order valence-electron chi connectivity index (χ1n) is 4.18. The highest BCUT2D eigenvalue weighted by Crippen LogP contribution is 2.58. The van der Waals surface area contributed by atoms with Crippen LogP contribution in [0.2, 0.25) is 0 Å². The Labute approximate surface area is 60.0 Å². The highest BCUT2D eigenvalue weighted by Gasteiger charge is 2.63. The van der Waals surface area contributed by atoms with Crippen molar-refractivity contribution < 1.29 is 4.79 Å². The van der Waals surface area contributed by atoms with Crippen LogP contribution < -0.4 is 5.32 Å². The first-order valence-corrected chi connectivity index (χ1v) is 4.18. The lowest BCUT2D eigenvalue weighted by Crippen LogP contribution is -2.34. The number of fused-ring (bicyclic) bond motifs is 1. The zero-order chi connectivity index (χ0) is 6.72. The van der Waals surface area contributed by atoms with Crippen molar-refractivity contribution in [2.75, 3.05) is 0 Å². The minimum absolute atomic E-state index is 0.347. The molecule has 1 amide bonds. The lowest BCUT2D eigenvalue weighted by atomic mass is 9.96. The molecule has 0 aromatic carbocycles. The Kier molecular flexibility index (Phi) is 0.715. The summed E-state index contributed by atoms with van der Waals surface area (Å²) in [5.41, 5.74) is 0. The van der Waals surface area contributed by atoms with E-state index in [1.165, 1.54) is 19.3 Å². The maximum absolute atomic E-state index is 11.1. The molecule has 0 bridgehead atoms. The summed E-state index contributed by atoms with van der Waals surface area (Å²) in [6.07, 6.45) is 3.89. The number of carbonyl (C=O) groups is 1. The van der Waals surface area contributed by atoms with Gasteiger partial charge in [-0.05, 0) is 24.7 Å². The van der Waals surface area contributed by atoms with Crippen LogP contribution in [0.3, 0.4) is 0 Å². The van der Waals surface area contributed by atoms with E-state index in [1.54, 1.807) is 0 Å². The van der Waals surface area contributed by atoms with Crippen molar-refractivity contribution >= 4 is 5.91 Å². The molecule has 0 spiro atoms. The van der Waals surface area contributed by atoms with Gasteiger partial charge in [0, 0.05) is 12.0 Å². The standard InChI is InChI=1S/C8H11NO/c10-8-7-4-2-1-3-5(9-8)6(4)7/h4-7H,1-3H2,(H,9,10). The number of hydrogen-bond acceptors (Lipinski definition) is 1. The van der Waals surface area contributed by atoms with E-state index < -0.39 is 0 Å². The van der Waals surface area contributed by atoms with E-state index in [0.29, 0.717) is 17.9 Å². The fourth-order valence-electron chi connectivity index (χ4n) is 2.90. The number of nitrogens with one attached hydrogen (secondary N) is 1. The number of rotatable bonds is 0. The normalized spacial score (nSPS) is 55.8. The summed E-state index contributed by atoms with van der Waals surface area (Å²) in [4.78, 5) is 11.1. The average molecular weight is 137 g/mol. The Morgan fingerprint density at radius 2 is 2.30 bits per heavy atom. The molecule has 1 heterocycles. The van der Waals surface area contributed by atoms with Gasteiger partial charge in [0.05, 0.1) is 0 Å². The molecule has 1 saturated heterocycles. The van der Waals surface area contributed by atoms with Gasteiger partial charge in [0.2, 0.25) is 5.91 Å². The molecule has 2 heteroatoms. The Morgan fingerprint density at radius 3 is 3.00 bits per heavy atom. The van der Waals surface area contributed by atoms with E-state index in [1.807, 2.05) is 0 Å². The molecule has 0 aromatic heterocycles. The zero-order valence-electron chi connectivity index (χ0n) is 5.84. The summed E-state index contributed by atoms with van der Waals surface area (Å²) in [5.74, 6) is 2.36. The van der Waals surface area contributed by atoms with Crippen molar-refractivity contribution in [1.82, 2.24) is 5.32 Å². The second kappa shape index (κ2) is 1.39. The van der Waals surface area contributed by atoms with E-state index in [9.17, 15) is 4.79 Å². The van der Waals surface area contributed by atoms with E-state index in [4.69, 9.17) is 0 Å². The van der Waals surface area contributed by atoms with Crippen LogP contribution in [0.5, 0.6) is 0 Å². The van der Waals surface area contributed by atoms with Crippen molar-refractivity contribution in [2.24, 2.45) is 17.8 Å². The molecule has 1 aliphatic heterocycles. The zero-order valence-corrected chi connectivity index (χ0v) is 5.84. The highest BCUT2D eigenvalue weighted by molar-refractivity contribution is 5.86. The van der Waals surface area contributed by atoms with Gasteiger partial charge in [0.1, 0.15) is 0 Å². The van der Waals surface area contributed by atoms with Crippen LogP contribution >= 0.6 is 0 Å². The average Bonchev–Trinajstić information content (AvgIpc) is 2.51. The maximum atomic E-state index is 11.1. The summed E-state index contributed by atoms with van der Waals surface area (Å²) in [6, 6.07) is 0.580. The number of amides is 1. The molecule has 2 saturated carbocycles. The van der Waals surface area contributed by atoms with Gasteiger partial charge in [-0.1, -0.05) is 6.42 Å². The van der Waals surface area contributed by atoms with Crippen LogP contribution in [0.4, 0.5) is 0 Å². The Morgan fingerprint density at radius 1 is 1.40 bits per heavy atom. The van der Waals surface area contributed by atoms with Crippen LogP contribution in [0.1, 0.15) is 19.3 Å². The molecule has 4 atom stereocenters. The van der Waals surface area contributed by atoms with Crippen LogP contribution in [-0.4, -0.2) is 11.9 Å². The Balaban J connectivity index is 1.95. The van der Waals surface area contributed by atoms with Crippen LogP contribution in [0, 0.1) is 17.8 Å². The van der Waals surface area contributed by atoms with Gasteiger partial charge >= 0.3 is 0 Å². The molecule has 3 aliphatic rings. The van der Waals surface area contributed by atoms with E-state index in [0.717, 1.165) is 11.8 Å².